The van der Waals surface area contributed by atoms with Gasteiger partial charge >= 0.3 is 0 Å². The Kier molecular flexibility index (Phi) is 4.35. The van der Waals surface area contributed by atoms with E-state index in [4.69, 9.17) is 16.3 Å². The summed E-state index contributed by atoms with van der Waals surface area (Å²) >= 11 is 10.1. The van der Waals surface area contributed by atoms with Crippen LogP contribution < -0.4 is 10.1 Å². The van der Waals surface area contributed by atoms with E-state index in [1.807, 2.05) is 0 Å². The number of anilines is 1. The van der Waals surface area contributed by atoms with Crippen LogP contribution in [0.15, 0.2) is 47.4 Å². The third kappa shape index (κ3) is 3.43. The molecule has 3 nitrogen and oxygen atoms in total. The molecule has 0 aliphatic carbocycles. The Labute approximate surface area is 122 Å². The van der Waals surface area contributed by atoms with Crippen molar-refractivity contribution in [3.63, 3.8) is 0 Å². The van der Waals surface area contributed by atoms with Crippen LogP contribution in [0.2, 0.25) is 5.02 Å². The van der Waals surface area contributed by atoms with Crippen LogP contribution >= 0.6 is 24.2 Å². The van der Waals surface area contributed by atoms with Gasteiger partial charge in [-0.1, -0.05) is 11.6 Å². The predicted octanol–water partition coefficient (Wildman–Crippen LogP) is 3.89. The highest BCUT2D eigenvalue weighted by molar-refractivity contribution is 7.80. The molecular weight excluding hydrogens is 282 g/mol. The van der Waals surface area contributed by atoms with Crippen LogP contribution in [0, 0.1) is 0 Å². The molecule has 2 rings (SSSR count). The number of nitrogens with one attached hydrogen (secondary N) is 1. The second-order valence-electron chi connectivity index (χ2n) is 3.85. The van der Waals surface area contributed by atoms with Crippen LogP contribution in [0.25, 0.3) is 0 Å². The lowest BCUT2D eigenvalue weighted by Gasteiger charge is -2.10. The average Bonchev–Trinajstić information content (AvgIpc) is 2.39. The monoisotopic (exact) mass is 293 g/mol. The van der Waals surface area contributed by atoms with E-state index in [9.17, 15) is 4.79 Å². The van der Waals surface area contributed by atoms with Crippen LogP contribution in [0.1, 0.15) is 10.4 Å². The van der Waals surface area contributed by atoms with Gasteiger partial charge in [0, 0.05) is 15.5 Å². The second kappa shape index (κ2) is 5.99. The molecule has 0 saturated heterocycles. The maximum Gasteiger partial charge on any atom is 0.255 e. The second-order valence-corrected chi connectivity index (χ2v) is 4.80. The molecule has 2 aromatic rings. The van der Waals surface area contributed by atoms with Gasteiger partial charge < -0.3 is 10.1 Å². The highest BCUT2D eigenvalue weighted by atomic mass is 35.5. The predicted molar refractivity (Wildman–Crippen MR) is 79.7 cm³/mol. The molecule has 0 aliphatic rings. The van der Waals surface area contributed by atoms with Crippen LogP contribution in [0.4, 0.5) is 5.69 Å². The van der Waals surface area contributed by atoms with Crippen molar-refractivity contribution in [1.82, 2.24) is 0 Å². The standard InChI is InChI=1S/C14H12ClNO2S/c1-18-13-7-4-10(15)8-12(13)16-14(17)9-2-5-11(19)6-3-9/h2-8,19H,1H3,(H,16,17). The van der Waals surface area contributed by atoms with Crippen molar-refractivity contribution in [2.45, 2.75) is 4.90 Å². The molecule has 0 unspecified atom stereocenters. The molecule has 98 valence electrons. The first-order valence-corrected chi connectivity index (χ1v) is 6.36. The van der Waals surface area contributed by atoms with Gasteiger partial charge in [-0.25, -0.2) is 0 Å². The number of amides is 1. The number of halogens is 1. The molecule has 0 fully saturated rings. The molecule has 0 bridgehead atoms. The van der Waals surface area contributed by atoms with Gasteiger partial charge in [-0.3, -0.25) is 4.79 Å². The van der Waals surface area contributed by atoms with Gasteiger partial charge in [-0.2, -0.15) is 0 Å². The number of thiol groups is 1. The van der Waals surface area contributed by atoms with Gasteiger partial charge in [-0.15, -0.1) is 12.6 Å². The summed E-state index contributed by atoms with van der Waals surface area (Å²) in [7, 11) is 1.54. The Morgan fingerprint density at radius 2 is 1.89 bits per heavy atom. The minimum Gasteiger partial charge on any atom is -0.495 e. The van der Waals surface area contributed by atoms with Gasteiger partial charge in [0.1, 0.15) is 5.75 Å². The lowest BCUT2D eigenvalue weighted by Crippen LogP contribution is -2.12. The fraction of sp³-hybridized carbons (Fsp3) is 0.0714. The topological polar surface area (TPSA) is 38.3 Å². The van der Waals surface area contributed by atoms with E-state index in [-0.39, 0.29) is 5.91 Å². The Morgan fingerprint density at radius 1 is 1.21 bits per heavy atom. The van der Waals surface area contributed by atoms with E-state index in [1.165, 1.54) is 7.11 Å². The van der Waals surface area contributed by atoms with Crippen LogP contribution in [-0.2, 0) is 0 Å². The molecule has 0 aromatic heterocycles. The fourth-order valence-electron chi connectivity index (χ4n) is 1.59. The molecule has 0 radical (unpaired) electrons. The van der Waals surface area contributed by atoms with E-state index in [2.05, 4.69) is 17.9 Å². The molecule has 0 saturated carbocycles. The van der Waals surface area contributed by atoms with Gasteiger partial charge in [0.25, 0.3) is 5.91 Å². The van der Waals surface area contributed by atoms with Gasteiger partial charge in [-0.05, 0) is 42.5 Å². The largest absolute Gasteiger partial charge is 0.495 e. The molecule has 0 aliphatic heterocycles. The van der Waals surface area contributed by atoms with Crippen molar-refractivity contribution in [2.75, 3.05) is 12.4 Å². The number of hydrogen-bond donors (Lipinski definition) is 2. The number of methoxy groups -OCH3 is 1. The summed E-state index contributed by atoms with van der Waals surface area (Å²) < 4.78 is 5.17. The van der Waals surface area contributed by atoms with Crippen molar-refractivity contribution in [1.29, 1.82) is 0 Å². The van der Waals surface area contributed by atoms with E-state index in [0.29, 0.717) is 22.0 Å². The number of ether oxygens (including phenoxy) is 1. The number of hydrogen-bond acceptors (Lipinski definition) is 3. The summed E-state index contributed by atoms with van der Waals surface area (Å²) in [5, 5.41) is 3.29. The highest BCUT2D eigenvalue weighted by Gasteiger charge is 2.10. The van der Waals surface area contributed by atoms with Gasteiger partial charge in [0.2, 0.25) is 0 Å². The minimum atomic E-state index is -0.228. The summed E-state index contributed by atoms with van der Waals surface area (Å²) in [5.41, 5.74) is 1.08. The normalized spacial score (nSPS) is 10.1. The van der Waals surface area contributed by atoms with Gasteiger partial charge in [0.15, 0.2) is 0 Å². The van der Waals surface area contributed by atoms with Crippen molar-refractivity contribution in [2.24, 2.45) is 0 Å². The lowest BCUT2D eigenvalue weighted by molar-refractivity contribution is 0.102. The minimum absolute atomic E-state index is 0.228. The molecular formula is C14H12ClNO2S. The maximum absolute atomic E-state index is 12.1. The van der Waals surface area contributed by atoms with Gasteiger partial charge in [0.05, 0.1) is 12.8 Å². The summed E-state index contributed by atoms with van der Waals surface area (Å²) in [6.07, 6.45) is 0. The summed E-state index contributed by atoms with van der Waals surface area (Å²) in [6.45, 7) is 0. The number of carbonyl (C=O) groups excluding carboxylic acids is 1. The highest BCUT2D eigenvalue weighted by Crippen LogP contribution is 2.28. The zero-order valence-corrected chi connectivity index (χ0v) is 11.8. The average molecular weight is 294 g/mol. The Balaban J connectivity index is 2.23. The Bertz CT molecular complexity index is 599. The third-order valence-corrected chi connectivity index (χ3v) is 3.07. The number of benzene rings is 2. The quantitative estimate of drug-likeness (QED) is 0.843. The summed E-state index contributed by atoms with van der Waals surface area (Å²) in [6, 6.07) is 12.0. The Morgan fingerprint density at radius 3 is 2.53 bits per heavy atom. The molecule has 19 heavy (non-hydrogen) atoms. The van der Waals surface area contributed by atoms with Crippen LogP contribution in [-0.4, -0.2) is 13.0 Å². The molecule has 1 amide bonds. The smallest absolute Gasteiger partial charge is 0.255 e. The first-order chi connectivity index (χ1) is 9.10. The fourth-order valence-corrected chi connectivity index (χ4v) is 1.91. The van der Waals surface area contributed by atoms with Crippen LogP contribution in [0.3, 0.4) is 0 Å². The molecule has 0 atom stereocenters. The molecule has 1 N–H and O–H groups in total. The number of carbonyl (C=O) groups is 1. The van der Waals surface area contributed by atoms with Crippen molar-refractivity contribution < 1.29 is 9.53 Å². The summed E-state index contributed by atoms with van der Waals surface area (Å²) in [5.74, 6) is 0.331. The van der Waals surface area contributed by atoms with E-state index < -0.39 is 0 Å². The van der Waals surface area contributed by atoms with Crippen molar-refractivity contribution in [3.05, 3.63) is 53.1 Å². The first kappa shape index (κ1) is 13.8. The maximum atomic E-state index is 12.1. The van der Waals surface area contributed by atoms with E-state index in [0.717, 1.165) is 4.90 Å². The molecule has 0 spiro atoms. The third-order valence-electron chi connectivity index (χ3n) is 2.54. The first-order valence-electron chi connectivity index (χ1n) is 5.54. The van der Waals surface area contributed by atoms with E-state index >= 15 is 0 Å². The molecule has 2 aromatic carbocycles. The number of rotatable bonds is 3. The molecule has 0 heterocycles. The molecule has 5 heteroatoms. The lowest BCUT2D eigenvalue weighted by atomic mass is 10.2. The zero-order chi connectivity index (χ0) is 13.8. The van der Waals surface area contributed by atoms with Crippen molar-refractivity contribution in [3.8, 4) is 5.75 Å². The zero-order valence-electron chi connectivity index (χ0n) is 10.2. The van der Waals surface area contributed by atoms with Crippen LogP contribution in [0.5, 0.6) is 5.75 Å². The van der Waals surface area contributed by atoms with Crippen molar-refractivity contribution >= 4 is 35.8 Å². The van der Waals surface area contributed by atoms with E-state index in [1.54, 1.807) is 42.5 Å². The summed E-state index contributed by atoms with van der Waals surface area (Å²) in [4.78, 5) is 12.9. The Hall–Kier alpha value is -1.65. The SMILES string of the molecule is COc1ccc(Cl)cc1NC(=O)c1ccc(S)cc1.